The maximum Gasteiger partial charge on any atom is 0.0637 e. The fourth-order valence-corrected chi connectivity index (χ4v) is 1.04. The second-order valence-corrected chi connectivity index (χ2v) is 2.59. The lowest BCUT2D eigenvalue weighted by molar-refractivity contribution is 0.268. The minimum Gasteiger partial charge on any atom is -0.394 e. The average Bonchev–Trinajstić information content (AvgIpc) is 2.04. The van der Waals surface area contributed by atoms with Gasteiger partial charge in [-0.3, -0.25) is 4.98 Å². The molecule has 0 radical (unpaired) electrons. The zero-order valence-corrected chi connectivity index (χ0v) is 7.85. The first-order valence-corrected chi connectivity index (χ1v) is 3.59. The lowest BCUT2D eigenvalue weighted by Gasteiger charge is -2.08. The number of aromatic nitrogens is 1. The summed E-state index contributed by atoms with van der Waals surface area (Å²) in [5.41, 5.74) is 6.26. The van der Waals surface area contributed by atoms with Crippen molar-refractivity contribution in [2.45, 2.75) is 6.04 Å². The van der Waals surface area contributed by atoms with Crippen molar-refractivity contribution in [3.05, 3.63) is 29.0 Å². The summed E-state index contributed by atoms with van der Waals surface area (Å²) in [6.45, 7) is -0.107. The monoisotopic (exact) mass is 208 g/mol. The van der Waals surface area contributed by atoms with Crippen LogP contribution in [0.25, 0.3) is 0 Å². The topological polar surface area (TPSA) is 59.1 Å². The van der Waals surface area contributed by atoms with Crippen molar-refractivity contribution in [3.63, 3.8) is 0 Å². The zero-order chi connectivity index (χ0) is 8.27. The van der Waals surface area contributed by atoms with Gasteiger partial charge in [0.1, 0.15) is 0 Å². The summed E-state index contributed by atoms with van der Waals surface area (Å²) in [4.78, 5) is 3.79. The normalized spacial score (nSPS) is 11.9. The number of nitrogens with two attached hydrogens (primary N) is 1. The molecule has 0 amide bonds. The molecule has 0 aliphatic heterocycles. The molecule has 1 heterocycles. The molecule has 0 fully saturated rings. The third-order valence-electron chi connectivity index (χ3n) is 1.40. The van der Waals surface area contributed by atoms with Crippen LogP contribution in [0.1, 0.15) is 11.6 Å². The van der Waals surface area contributed by atoms with E-state index in [1.165, 1.54) is 6.20 Å². The number of aliphatic hydroxyl groups excluding tert-OH is 1. The Labute approximate surface area is 82.0 Å². The van der Waals surface area contributed by atoms with Crippen LogP contribution < -0.4 is 5.73 Å². The van der Waals surface area contributed by atoms with E-state index in [0.717, 1.165) is 5.56 Å². The van der Waals surface area contributed by atoms with Crippen molar-refractivity contribution in [1.29, 1.82) is 0 Å². The summed E-state index contributed by atoms with van der Waals surface area (Å²) in [5.74, 6) is 0. The fraction of sp³-hybridized carbons (Fsp3) is 0.286. The predicted molar refractivity (Wildman–Crippen MR) is 50.5 cm³/mol. The minimum atomic E-state index is -0.412. The van der Waals surface area contributed by atoms with E-state index in [-0.39, 0.29) is 19.0 Å². The molecular formula is C7H10Cl2N2O. The Balaban J connectivity index is 0.00000121. The average molecular weight is 209 g/mol. The molecule has 1 rings (SSSR count). The number of pyridine rings is 1. The SMILES string of the molecule is Cl.N[C@H](CO)c1ccncc1Cl. The third-order valence-corrected chi connectivity index (χ3v) is 1.72. The molecule has 0 spiro atoms. The summed E-state index contributed by atoms with van der Waals surface area (Å²) in [6, 6.07) is 1.29. The van der Waals surface area contributed by atoms with Crippen LogP contribution in [0, 0.1) is 0 Å². The van der Waals surface area contributed by atoms with Gasteiger partial charge in [-0.2, -0.15) is 0 Å². The van der Waals surface area contributed by atoms with Crippen molar-refractivity contribution in [3.8, 4) is 0 Å². The quantitative estimate of drug-likeness (QED) is 0.767. The Morgan fingerprint density at radius 1 is 1.67 bits per heavy atom. The molecule has 0 saturated carbocycles. The third kappa shape index (κ3) is 2.60. The van der Waals surface area contributed by atoms with Gasteiger partial charge in [0.25, 0.3) is 0 Å². The number of rotatable bonds is 2. The highest BCUT2D eigenvalue weighted by atomic mass is 35.5. The summed E-state index contributed by atoms with van der Waals surface area (Å²) >= 11 is 5.74. The van der Waals surface area contributed by atoms with Crippen LogP contribution in [0.4, 0.5) is 0 Å². The van der Waals surface area contributed by atoms with Crippen LogP contribution in [0.2, 0.25) is 5.02 Å². The van der Waals surface area contributed by atoms with Gasteiger partial charge in [0.05, 0.1) is 17.7 Å². The van der Waals surface area contributed by atoms with E-state index >= 15 is 0 Å². The molecule has 0 unspecified atom stereocenters. The lowest BCUT2D eigenvalue weighted by atomic mass is 10.1. The number of nitrogens with zero attached hydrogens (tertiary/aromatic N) is 1. The Morgan fingerprint density at radius 2 is 2.33 bits per heavy atom. The largest absolute Gasteiger partial charge is 0.394 e. The lowest BCUT2D eigenvalue weighted by Crippen LogP contribution is -2.14. The standard InChI is InChI=1S/C7H9ClN2O.ClH/c8-6-3-10-2-1-5(6)7(9)4-11;/h1-3,7,11H,4,9H2;1H/t7-;/m1./s1. The first-order valence-electron chi connectivity index (χ1n) is 3.21. The fourth-order valence-electron chi connectivity index (χ4n) is 0.785. The Bertz CT molecular complexity index is 245. The Hall–Kier alpha value is -0.350. The molecule has 12 heavy (non-hydrogen) atoms. The van der Waals surface area contributed by atoms with Crippen molar-refractivity contribution in [2.75, 3.05) is 6.61 Å². The molecule has 3 nitrogen and oxygen atoms in total. The predicted octanol–water partition coefficient (Wildman–Crippen LogP) is 1.15. The highest BCUT2D eigenvalue weighted by Gasteiger charge is 2.07. The minimum absolute atomic E-state index is 0. The van der Waals surface area contributed by atoms with Crippen molar-refractivity contribution < 1.29 is 5.11 Å². The second-order valence-electron chi connectivity index (χ2n) is 2.19. The summed E-state index contributed by atoms with van der Waals surface area (Å²) in [5, 5.41) is 9.20. The summed E-state index contributed by atoms with van der Waals surface area (Å²) in [7, 11) is 0. The molecule has 0 bridgehead atoms. The summed E-state index contributed by atoms with van der Waals surface area (Å²) in [6.07, 6.45) is 3.10. The Morgan fingerprint density at radius 3 is 2.83 bits per heavy atom. The van der Waals surface area contributed by atoms with Gasteiger partial charge in [0.2, 0.25) is 0 Å². The number of hydrogen-bond acceptors (Lipinski definition) is 3. The molecule has 0 aliphatic rings. The molecule has 1 atom stereocenters. The van der Waals surface area contributed by atoms with Gasteiger partial charge in [0.15, 0.2) is 0 Å². The summed E-state index contributed by atoms with van der Waals surface area (Å²) < 4.78 is 0. The van der Waals surface area contributed by atoms with E-state index in [1.54, 1.807) is 12.3 Å². The van der Waals surface area contributed by atoms with E-state index in [9.17, 15) is 0 Å². The van der Waals surface area contributed by atoms with Gasteiger partial charge in [-0.15, -0.1) is 12.4 Å². The van der Waals surface area contributed by atoms with Gasteiger partial charge in [-0.1, -0.05) is 11.6 Å². The molecule has 1 aromatic rings. The zero-order valence-electron chi connectivity index (χ0n) is 6.27. The van der Waals surface area contributed by atoms with Crippen LogP contribution >= 0.6 is 24.0 Å². The maximum atomic E-state index is 8.71. The van der Waals surface area contributed by atoms with Crippen LogP contribution in [-0.2, 0) is 0 Å². The van der Waals surface area contributed by atoms with Crippen LogP contribution in [-0.4, -0.2) is 16.7 Å². The van der Waals surface area contributed by atoms with Gasteiger partial charge in [-0.05, 0) is 11.6 Å². The van der Waals surface area contributed by atoms with Gasteiger partial charge in [0, 0.05) is 12.4 Å². The molecule has 0 aliphatic carbocycles. The van der Waals surface area contributed by atoms with Crippen molar-refractivity contribution in [2.24, 2.45) is 5.73 Å². The first kappa shape index (κ1) is 11.6. The second kappa shape index (κ2) is 5.32. The molecule has 68 valence electrons. The molecule has 0 aromatic carbocycles. The number of aliphatic hydroxyl groups is 1. The maximum absolute atomic E-state index is 8.71. The van der Waals surface area contributed by atoms with Crippen LogP contribution in [0.15, 0.2) is 18.5 Å². The molecular weight excluding hydrogens is 199 g/mol. The first-order chi connectivity index (χ1) is 5.25. The van der Waals surface area contributed by atoms with Crippen LogP contribution in [0.5, 0.6) is 0 Å². The van der Waals surface area contributed by atoms with Gasteiger partial charge in [-0.25, -0.2) is 0 Å². The van der Waals surface area contributed by atoms with E-state index in [2.05, 4.69) is 4.98 Å². The van der Waals surface area contributed by atoms with Gasteiger partial charge >= 0.3 is 0 Å². The van der Waals surface area contributed by atoms with E-state index < -0.39 is 6.04 Å². The highest BCUT2D eigenvalue weighted by molar-refractivity contribution is 6.31. The van der Waals surface area contributed by atoms with Crippen molar-refractivity contribution in [1.82, 2.24) is 4.98 Å². The van der Waals surface area contributed by atoms with E-state index in [0.29, 0.717) is 5.02 Å². The smallest absolute Gasteiger partial charge is 0.0637 e. The van der Waals surface area contributed by atoms with Gasteiger partial charge < -0.3 is 10.8 Å². The molecule has 5 heteroatoms. The molecule has 1 aromatic heterocycles. The van der Waals surface area contributed by atoms with E-state index in [1.807, 2.05) is 0 Å². The van der Waals surface area contributed by atoms with E-state index in [4.69, 9.17) is 22.4 Å². The number of hydrogen-bond donors (Lipinski definition) is 2. The Kier molecular flexibility index (Phi) is 5.17. The molecule has 0 saturated heterocycles. The van der Waals surface area contributed by atoms with Crippen molar-refractivity contribution >= 4 is 24.0 Å². The molecule has 3 N–H and O–H groups in total. The number of halogens is 2. The highest BCUT2D eigenvalue weighted by Crippen LogP contribution is 2.18. The van der Waals surface area contributed by atoms with Crippen LogP contribution in [0.3, 0.4) is 0 Å².